The maximum absolute atomic E-state index is 13.7. The summed E-state index contributed by atoms with van der Waals surface area (Å²) < 4.78 is 34.7. The zero-order valence-corrected chi connectivity index (χ0v) is 18.9. The van der Waals surface area contributed by atoms with Crippen molar-refractivity contribution in [2.24, 2.45) is 0 Å². The monoisotopic (exact) mass is 511 g/mol. The van der Waals surface area contributed by atoms with Gasteiger partial charge in [0.25, 0.3) is 5.91 Å². The molecule has 0 unspecified atom stereocenters. The number of ether oxygens (including phenoxy) is 1. The molecule has 2 heterocycles. The molecule has 0 radical (unpaired) electrons. The summed E-state index contributed by atoms with van der Waals surface area (Å²) in [5, 5.41) is 12.1. The van der Waals surface area contributed by atoms with E-state index in [2.05, 4.69) is 15.5 Å². The predicted octanol–water partition coefficient (Wildman–Crippen LogP) is 5.66. The molecule has 4 aromatic rings. The lowest BCUT2D eigenvalue weighted by molar-refractivity contribution is 0.101. The molecule has 1 N–H and O–H groups in total. The molecule has 0 saturated carbocycles. The van der Waals surface area contributed by atoms with Crippen LogP contribution < -0.4 is 10.1 Å². The molecular weight excluding hydrogens is 499 g/mol. The van der Waals surface area contributed by atoms with Gasteiger partial charge in [-0.3, -0.25) is 9.48 Å². The van der Waals surface area contributed by atoms with Crippen LogP contribution in [0.2, 0.25) is 15.1 Å². The molecule has 2 aromatic carbocycles. The zero-order valence-electron chi connectivity index (χ0n) is 16.6. The molecule has 0 fully saturated rings. The Kier molecular flexibility index (Phi) is 6.83. The Morgan fingerprint density at radius 1 is 1.00 bits per heavy atom. The van der Waals surface area contributed by atoms with Crippen LogP contribution in [0.25, 0.3) is 0 Å². The van der Waals surface area contributed by atoms with Gasteiger partial charge in [-0.05, 0) is 30.3 Å². The highest BCUT2D eigenvalue weighted by molar-refractivity contribution is 6.36. The van der Waals surface area contributed by atoms with Crippen LogP contribution in [0.15, 0.2) is 54.9 Å². The third kappa shape index (κ3) is 5.44. The summed E-state index contributed by atoms with van der Waals surface area (Å²) in [6, 6.07) is 9.53. The van der Waals surface area contributed by atoms with Gasteiger partial charge in [-0.15, -0.1) is 0 Å². The van der Waals surface area contributed by atoms with E-state index in [4.69, 9.17) is 39.5 Å². The zero-order chi connectivity index (χ0) is 23.5. The summed E-state index contributed by atoms with van der Waals surface area (Å²) in [4.78, 5) is 12.5. The van der Waals surface area contributed by atoms with Crippen LogP contribution in [-0.4, -0.2) is 25.5 Å². The van der Waals surface area contributed by atoms with Crippen LogP contribution in [0.1, 0.15) is 16.1 Å². The summed E-state index contributed by atoms with van der Waals surface area (Å²) in [7, 11) is 0. The number of hydrogen-bond acceptors (Lipinski definition) is 4. The van der Waals surface area contributed by atoms with Crippen LogP contribution in [0.4, 0.5) is 14.6 Å². The van der Waals surface area contributed by atoms with E-state index in [0.717, 1.165) is 12.1 Å². The van der Waals surface area contributed by atoms with E-state index in [9.17, 15) is 13.6 Å². The first kappa shape index (κ1) is 23.0. The van der Waals surface area contributed by atoms with Crippen LogP contribution in [-0.2, 0) is 13.3 Å². The van der Waals surface area contributed by atoms with Crippen molar-refractivity contribution < 1.29 is 18.3 Å². The molecule has 2 aromatic heterocycles. The first-order valence-corrected chi connectivity index (χ1v) is 10.5. The molecule has 170 valence electrons. The standard InChI is InChI=1S/C21H14Cl3F2N5O2/c22-14-2-1-3-15(23)13(14)9-31-10-16(24)20(29-31)27-21(32)18-6-7-30(28-18)11-33-19-5-4-12(25)8-17(19)26/h1-8,10H,9,11H2,(H,27,29,32). The van der Waals surface area contributed by atoms with Crippen molar-refractivity contribution >= 4 is 46.5 Å². The molecule has 0 bridgehead atoms. The fourth-order valence-corrected chi connectivity index (χ4v) is 3.58. The van der Waals surface area contributed by atoms with Crippen LogP contribution in [0, 0.1) is 11.6 Å². The Balaban J connectivity index is 1.40. The first-order valence-electron chi connectivity index (χ1n) is 9.38. The van der Waals surface area contributed by atoms with E-state index >= 15 is 0 Å². The Hall–Kier alpha value is -3.14. The van der Waals surface area contributed by atoms with Crippen molar-refractivity contribution in [3.8, 4) is 5.75 Å². The number of amides is 1. The van der Waals surface area contributed by atoms with Gasteiger partial charge in [-0.25, -0.2) is 13.5 Å². The highest BCUT2D eigenvalue weighted by Gasteiger charge is 2.16. The van der Waals surface area contributed by atoms with E-state index in [-0.39, 0.29) is 35.6 Å². The van der Waals surface area contributed by atoms with E-state index in [0.29, 0.717) is 21.7 Å². The second-order valence-electron chi connectivity index (χ2n) is 6.77. The summed E-state index contributed by atoms with van der Waals surface area (Å²) in [5.74, 6) is -2.14. The second kappa shape index (κ2) is 9.78. The van der Waals surface area contributed by atoms with Gasteiger partial charge in [0.1, 0.15) is 10.8 Å². The maximum Gasteiger partial charge on any atom is 0.277 e. The van der Waals surface area contributed by atoms with E-state index in [1.54, 1.807) is 18.2 Å². The van der Waals surface area contributed by atoms with Gasteiger partial charge < -0.3 is 10.1 Å². The van der Waals surface area contributed by atoms with Crippen molar-refractivity contribution in [3.05, 3.63) is 92.8 Å². The third-order valence-corrected chi connectivity index (χ3v) is 5.44. The highest BCUT2D eigenvalue weighted by atomic mass is 35.5. The van der Waals surface area contributed by atoms with Crippen LogP contribution in [0.5, 0.6) is 5.75 Å². The Morgan fingerprint density at radius 2 is 1.76 bits per heavy atom. The quantitative estimate of drug-likeness (QED) is 0.347. The number of benzene rings is 2. The fraction of sp³-hybridized carbons (Fsp3) is 0.0952. The smallest absolute Gasteiger partial charge is 0.277 e. The number of halogens is 5. The lowest BCUT2D eigenvalue weighted by Crippen LogP contribution is -2.15. The van der Waals surface area contributed by atoms with Gasteiger partial charge in [0.2, 0.25) is 0 Å². The Bertz CT molecular complexity index is 1300. The molecule has 1 amide bonds. The maximum atomic E-state index is 13.7. The van der Waals surface area contributed by atoms with Crippen molar-refractivity contribution in [1.82, 2.24) is 19.6 Å². The van der Waals surface area contributed by atoms with Gasteiger partial charge in [0.15, 0.2) is 29.8 Å². The summed E-state index contributed by atoms with van der Waals surface area (Å²) >= 11 is 18.6. The molecule has 0 aliphatic rings. The minimum atomic E-state index is -0.844. The number of hydrogen-bond donors (Lipinski definition) is 1. The third-order valence-electron chi connectivity index (χ3n) is 4.45. The van der Waals surface area contributed by atoms with Crippen molar-refractivity contribution in [2.45, 2.75) is 13.3 Å². The number of carbonyl (C=O) groups is 1. The van der Waals surface area contributed by atoms with Crippen LogP contribution >= 0.6 is 34.8 Å². The van der Waals surface area contributed by atoms with Crippen molar-refractivity contribution in [3.63, 3.8) is 0 Å². The Labute approximate surface area is 201 Å². The molecular formula is C21H14Cl3F2N5O2. The minimum absolute atomic E-state index is 0.0537. The van der Waals surface area contributed by atoms with E-state index in [1.165, 1.54) is 27.8 Å². The molecule has 0 aliphatic carbocycles. The molecule has 0 aliphatic heterocycles. The number of nitrogens with one attached hydrogen (secondary N) is 1. The highest BCUT2D eigenvalue weighted by Crippen LogP contribution is 2.27. The van der Waals surface area contributed by atoms with Gasteiger partial charge in [-0.1, -0.05) is 40.9 Å². The lowest BCUT2D eigenvalue weighted by atomic mass is 10.2. The summed E-state index contributed by atoms with van der Waals surface area (Å²) in [6.07, 6.45) is 3.00. The van der Waals surface area contributed by atoms with Crippen molar-refractivity contribution in [2.75, 3.05) is 5.32 Å². The number of anilines is 1. The van der Waals surface area contributed by atoms with Gasteiger partial charge in [0.05, 0.1) is 6.54 Å². The number of carbonyl (C=O) groups excluding carboxylic acids is 1. The fourth-order valence-electron chi connectivity index (χ4n) is 2.86. The Morgan fingerprint density at radius 3 is 2.48 bits per heavy atom. The lowest BCUT2D eigenvalue weighted by Gasteiger charge is -2.07. The molecule has 7 nitrogen and oxygen atoms in total. The average Bonchev–Trinajstić information content (AvgIpc) is 3.37. The van der Waals surface area contributed by atoms with Gasteiger partial charge >= 0.3 is 0 Å². The van der Waals surface area contributed by atoms with Crippen LogP contribution in [0.3, 0.4) is 0 Å². The van der Waals surface area contributed by atoms with E-state index < -0.39 is 17.5 Å². The number of aromatic nitrogens is 4. The summed E-state index contributed by atoms with van der Waals surface area (Å²) in [5.41, 5.74) is 0.715. The number of nitrogens with zero attached hydrogens (tertiary/aromatic N) is 4. The minimum Gasteiger partial charge on any atom is -0.468 e. The van der Waals surface area contributed by atoms with Gasteiger partial charge in [-0.2, -0.15) is 10.2 Å². The SMILES string of the molecule is O=C(Nc1nn(Cc2c(Cl)cccc2Cl)cc1Cl)c1ccn(COc2ccc(F)cc2F)n1. The largest absolute Gasteiger partial charge is 0.468 e. The topological polar surface area (TPSA) is 74.0 Å². The molecule has 33 heavy (non-hydrogen) atoms. The average molecular weight is 513 g/mol. The predicted molar refractivity (Wildman–Crippen MR) is 120 cm³/mol. The van der Waals surface area contributed by atoms with E-state index in [1.807, 2.05) is 0 Å². The summed E-state index contributed by atoms with van der Waals surface area (Å²) in [6.45, 7) is 0.0593. The normalized spacial score (nSPS) is 10.9. The molecule has 0 atom stereocenters. The number of rotatable bonds is 7. The molecule has 4 rings (SSSR count). The van der Waals surface area contributed by atoms with Gasteiger partial charge in [0, 0.05) is 34.1 Å². The second-order valence-corrected chi connectivity index (χ2v) is 7.99. The first-order chi connectivity index (χ1) is 15.8. The molecule has 12 heteroatoms. The van der Waals surface area contributed by atoms with Crippen molar-refractivity contribution in [1.29, 1.82) is 0 Å². The molecule has 0 spiro atoms. The molecule has 0 saturated heterocycles.